The van der Waals surface area contributed by atoms with Gasteiger partial charge in [0.1, 0.15) is 17.5 Å². The largest absolute Gasteiger partial charge is 0.494 e. The van der Waals surface area contributed by atoms with E-state index in [4.69, 9.17) is 9.47 Å². The summed E-state index contributed by atoms with van der Waals surface area (Å²) in [5, 5.41) is 0. The van der Waals surface area contributed by atoms with E-state index < -0.39 is 17.9 Å². The number of carbonyl (C=O) groups excluding carboxylic acids is 1. The molecule has 1 amide bonds. The van der Waals surface area contributed by atoms with Crippen LogP contribution in [0.5, 0.6) is 5.75 Å². The molecule has 0 aliphatic carbocycles. The number of rotatable bonds is 5. The fourth-order valence-electron chi connectivity index (χ4n) is 2.56. The van der Waals surface area contributed by atoms with Gasteiger partial charge in [0.25, 0.3) is 0 Å². The average Bonchev–Trinajstić information content (AvgIpc) is 2.54. The Morgan fingerprint density at radius 1 is 1.28 bits per heavy atom. The van der Waals surface area contributed by atoms with Crippen molar-refractivity contribution < 1.29 is 18.7 Å². The first kappa shape index (κ1) is 19.3. The first-order valence-electron chi connectivity index (χ1n) is 8.85. The average molecular weight is 349 g/mol. The van der Waals surface area contributed by atoms with Gasteiger partial charge >= 0.3 is 6.09 Å². The molecule has 1 atom stereocenters. The molecule has 0 fully saturated rings. The number of alkyl halides is 1. The Hall–Kier alpha value is -2.04. The molecule has 1 unspecified atom stereocenters. The molecule has 1 aromatic rings. The number of ether oxygens (including phenoxy) is 2. The van der Waals surface area contributed by atoms with Gasteiger partial charge in [0, 0.05) is 6.54 Å². The van der Waals surface area contributed by atoms with Crippen molar-refractivity contribution in [3.05, 3.63) is 35.9 Å². The normalized spacial score (nSPS) is 17.9. The van der Waals surface area contributed by atoms with Gasteiger partial charge in [-0.25, -0.2) is 9.18 Å². The number of halogens is 1. The minimum atomic E-state index is -1.23. The van der Waals surface area contributed by atoms with Gasteiger partial charge < -0.3 is 14.4 Å². The topological polar surface area (TPSA) is 38.8 Å². The highest BCUT2D eigenvalue weighted by molar-refractivity contribution is 5.75. The van der Waals surface area contributed by atoms with Gasteiger partial charge in [-0.2, -0.15) is 0 Å². The summed E-state index contributed by atoms with van der Waals surface area (Å²) in [7, 11) is 0. The van der Waals surface area contributed by atoms with Crippen molar-refractivity contribution in [2.24, 2.45) is 0 Å². The molecule has 0 aromatic heterocycles. The fourth-order valence-corrected chi connectivity index (χ4v) is 2.56. The summed E-state index contributed by atoms with van der Waals surface area (Å²) in [4.78, 5) is 13.5. The zero-order valence-corrected chi connectivity index (χ0v) is 15.5. The highest BCUT2D eigenvalue weighted by Gasteiger charge is 2.29. The second-order valence-corrected chi connectivity index (χ2v) is 7.24. The molecule has 0 saturated heterocycles. The van der Waals surface area contributed by atoms with Crippen molar-refractivity contribution in [1.29, 1.82) is 0 Å². The zero-order chi connectivity index (χ0) is 18.4. The van der Waals surface area contributed by atoms with Gasteiger partial charge in [-0.15, -0.1) is 0 Å². The first-order valence-corrected chi connectivity index (χ1v) is 8.85. The number of hydrogen-bond acceptors (Lipinski definition) is 3. The van der Waals surface area contributed by atoms with Crippen LogP contribution in [0, 0.1) is 0 Å². The second kappa shape index (κ2) is 8.37. The summed E-state index contributed by atoms with van der Waals surface area (Å²) in [5.74, 6) is 0.791. The van der Waals surface area contributed by atoms with Crippen molar-refractivity contribution in [3.63, 3.8) is 0 Å². The molecule has 0 bridgehead atoms. The van der Waals surface area contributed by atoms with Gasteiger partial charge in [0.2, 0.25) is 0 Å². The van der Waals surface area contributed by atoms with E-state index in [1.807, 2.05) is 24.3 Å². The molecule has 0 saturated carbocycles. The standard InChI is InChI=1S/C20H28FNO3/c1-5-6-13-24-16-9-7-15(8-10-16)17-11-12-22(14-18(17)21)19(23)25-20(2,3)4/h7-11,18H,5-6,12-14H2,1-4H3. The molecule has 1 heterocycles. The smallest absolute Gasteiger partial charge is 0.410 e. The van der Waals surface area contributed by atoms with Gasteiger partial charge in [-0.3, -0.25) is 0 Å². The van der Waals surface area contributed by atoms with Crippen LogP contribution in [-0.4, -0.2) is 42.5 Å². The van der Waals surface area contributed by atoms with Crippen molar-refractivity contribution in [2.75, 3.05) is 19.7 Å². The summed E-state index contributed by atoms with van der Waals surface area (Å²) in [6.45, 7) is 8.56. The van der Waals surface area contributed by atoms with Crippen LogP contribution in [0.2, 0.25) is 0 Å². The van der Waals surface area contributed by atoms with Crippen LogP contribution in [0.1, 0.15) is 46.1 Å². The Bertz CT molecular complexity index is 604. The van der Waals surface area contributed by atoms with Crippen LogP contribution < -0.4 is 4.74 Å². The van der Waals surface area contributed by atoms with E-state index >= 15 is 0 Å². The van der Waals surface area contributed by atoms with Crippen LogP contribution in [0.25, 0.3) is 5.57 Å². The van der Waals surface area contributed by atoms with Crippen LogP contribution >= 0.6 is 0 Å². The molecule has 5 heteroatoms. The van der Waals surface area contributed by atoms with E-state index in [1.165, 1.54) is 4.90 Å². The van der Waals surface area contributed by atoms with Crippen LogP contribution in [0.15, 0.2) is 30.3 Å². The number of unbranched alkanes of at least 4 members (excludes halogenated alkanes) is 1. The molecule has 1 aliphatic heterocycles. The SMILES string of the molecule is CCCCOc1ccc(C2=CCN(C(=O)OC(C)(C)C)CC2F)cc1. The van der Waals surface area contributed by atoms with Crippen LogP contribution in [-0.2, 0) is 4.74 Å². The zero-order valence-electron chi connectivity index (χ0n) is 15.5. The van der Waals surface area contributed by atoms with Crippen LogP contribution in [0.3, 0.4) is 0 Å². The summed E-state index contributed by atoms with van der Waals surface area (Å²) in [6, 6.07) is 7.45. The summed E-state index contributed by atoms with van der Waals surface area (Å²) < 4.78 is 25.5. The minimum absolute atomic E-state index is 0.00942. The highest BCUT2D eigenvalue weighted by atomic mass is 19.1. The fraction of sp³-hybridized carbons (Fsp3) is 0.550. The Balaban J connectivity index is 2.00. The van der Waals surface area contributed by atoms with Crippen molar-refractivity contribution >= 4 is 11.7 Å². The Morgan fingerprint density at radius 2 is 1.96 bits per heavy atom. The number of benzene rings is 1. The molecule has 25 heavy (non-hydrogen) atoms. The third-order valence-electron chi connectivity index (χ3n) is 3.86. The number of amides is 1. The van der Waals surface area contributed by atoms with Gasteiger partial charge in [0.05, 0.1) is 13.2 Å². The molecule has 4 nitrogen and oxygen atoms in total. The van der Waals surface area contributed by atoms with E-state index in [9.17, 15) is 9.18 Å². The molecule has 2 rings (SSSR count). The first-order chi connectivity index (χ1) is 11.8. The second-order valence-electron chi connectivity index (χ2n) is 7.24. The maximum atomic E-state index is 14.6. The highest BCUT2D eigenvalue weighted by Crippen LogP contribution is 2.27. The molecular weight excluding hydrogens is 321 g/mol. The lowest BCUT2D eigenvalue weighted by Crippen LogP contribution is -2.42. The summed E-state index contributed by atoms with van der Waals surface area (Å²) in [6.07, 6.45) is 2.14. The Kier molecular flexibility index (Phi) is 6.45. The van der Waals surface area contributed by atoms with Crippen molar-refractivity contribution in [3.8, 4) is 5.75 Å². The third-order valence-corrected chi connectivity index (χ3v) is 3.86. The van der Waals surface area contributed by atoms with E-state index in [-0.39, 0.29) is 6.54 Å². The maximum absolute atomic E-state index is 14.6. The summed E-state index contributed by atoms with van der Waals surface area (Å²) >= 11 is 0. The number of carbonyl (C=O) groups is 1. The molecule has 1 aromatic carbocycles. The maximum Gasteiger partial charge on any atom is 0.410 e. The number of nitrogens with zero attached hydrogens (tertiary/aromatic N) is 1. The number of hydrogen-bond donors (Lipinski definition) is 0. The predicted molar refractivity (Wildman–Crippen MR) is 97.5 cm³/mol. The molecule has 1 aliphatic rings. The van der Waals surface area contributed by atoms with Crippen molar-refractivity contribution in [1.82, 2.24) is 4.90 Å². The summed E-state index contributed by atoms with van der Waals surface area (Å²) in [5.41, 5.74) is 0.847. The molecule has 138 valence electrons. The van der Waals surface area contributed by atoms with Gasteiger partial charge in [-0.1, -0.05) is 31.6 Å². The van der Waals surface area contributed by atoms with E-state index in [0.29, 0.717) is 18.7 Å². The predicted octanol–water partition coefficient (Wildman–Crippen LogP) is 4.84. The lowest BCUT2D eigenvalue weighted by Gasteiger charge is -2.31. The Morgan fingerprint density at radius 3 is 2.52 bits per heavy atom. The minimum Gasteiger partial charge on any atom is -0.494 e. The van der Waals surface area contributed by atoms with Crippen LogP contribution in [0.4, 0.5) is 9.18 Å². The van der Waals surface area contributed by atoms with E-state index in [2.05, 4.69) is 6.92 Å². The lowest BCUT2D eigenvalue weighted by atomic mass is 9.98. The lowest BCUT2D eigenvalue weighted by molar-refractivity contribution is 0.0236. The van der Waals surface area contributed by atoms with E-state index in [0.717, 1.165) is 24.2 Å². The van der Waals surface area contributed by atoms with Gasteiger partial charge in [0.15, 0.2) is 0 Å². The quantitative estimate of drug-likeness (QED) is 0.714. The molecule has 0 spiro atoms. The third kappa shape index (κ3) is 5.76. The van der Waals surface area contributed by atoms with E-state index in [1.54, 1.807) is 26.8 Å². The molecular formula is C20H28FNO3. The molecule has 0 N–H and O–H groups in total. The van der Waals surface area contributed by atoms with Gasteiger partial charge in [-0.05, 0) is 50.5 Å². The van der Waals surface area contributed by atoms with Crippen molar-refractivity contribution in [2.45, 2.75) is 52.3 Å². The molecule has 0 radical (unpaired) electrons. The Labute approximate surface area is 149 Å². The monoisotopic (exact) mass is 349 g/mol.